The highest BCUT2D eigenvalue weighted by Crippen LogP contribution is 2.38. The van der Waals surface area contributed by atoms with Gasteiger partial charge in [0.2, 0.25) is 0 Å². The molecule has 0 saturated carbocycles. The van der Waals surface area contributed by atoms with Crippen LogP contribution in [0.1, 0.15) is 142 Å². The van der Waals surface area contributed by atoms with Crippen LogP contribution in [0.3, 0.4) is 0 Å². The Bertz CT molecular complexity index is 1620. The van der Waals surface area contributed by atoms with Gasteiger partial charge in [-0.3, -0.25) is 9.36 Å². The van der Waals surface area contributed by atoms with Gasteiger partial charge in [-0.05, 0) is 116 Å². The van der Waals surface area contributed by atoms with E-state index in [4.69, 9.17) is 18.5 Å². The Morgan fingerprint density at radius 2 is 0.821 bits per heavy atom. The highest BCUT2D eigenvalue weighted by molar-refractivity contribution is 7.45. The van der Waals surface area contributed by atoms with E-state index in [-0.39, 0.29) is 26.2 Å². The zero-order valence-corrected chi connectivity index (χ0v) is 43.4. The van der Waals surface area contributed by atoms with Crippen LogP contribution >= 0.6 is 7.82 Å². The van der Waals surface area contributed by atoms with Crippen molar-refractivity contribution < 1.29 is 37.3 Å². The average molecular weight is 946 g/mol. The number of phosphoric ester groups is 1. The molecule has 0 rings (SSSR count). The van der Waals surface area contributed by atoms with Crippen LogP contribution in [0, 0.1) is 0 Å². The Morgan fingerprint density at radius 1 is 0.463 bits per heavy atom. The fraction of sp³-hybridized carbons (Fsp3) is 0.534. The average Bonchev–Trinajstić information content (AvgIpc) is 3.29. The van der Waals surface area contributed by atoms with Crippen LogP contribution in [0.5, 0.6) is 0 Å². The number of hydrogen-bond donors (Lipinski definition) is 0. The van der Waals surface area contributed by atoms with Crippen LogP contribution in [0.15, 0.2) is 158 Å². The summed E-state index contributed by atoms with van der Waals surface area (Å²) < 4.78 is 34.6. The van der Waals surface area contributed by atoms with E-state index in [1.54, 1.807) is 0 Å². The molecule has 0 radical (unpaired) electrons. The molecule has 9 heteroatoms. The standard InChI is InChI=1S/C58H92NO7P/c1-6-8-10-12-14-16-18-20-22-24-26-28-29-30-31-32-33-35-37-39-41-43-45-47-49-51-58(60)66-57(56-65-67(61,62)64-54-52-59(3,4)5)55-63-53-50-48-46-44-42-40-38-36-34-27-25-23-21-19-17-15-13-11-9-7-2/h8-11,14-17,20-23,26-28,30-31,33-35,38-41,44,46,57H,6-7,12-13,18-19,24-25,29,32,36-37,42-43,45,47-56H2,1-5H3/b10-8-,11-9-,16-14-,17-15-,22-20-,23-21-,28-26-,31-30-,34-27-,35-33-,40-38-,41-39-,46-44-. The molecule has 0 bridgehead atoms. The van der Waals surface area contributed by atoms with Crippen molar-refractivity contribution in [3.8, 4) is 0 Å². The van der Waals surface area contributed by atoms with Crippen LogP contribution in [-0.4, -0.2) is 70.7 Å². The van der Waals surface area contributed by atoms with E-state index in [2.05, 4.69) is 172 Å². The Morgan fingerprint density at radius 3 is 1.19 bits per heavy atom. The Labute approximate surface area is 410 Å². The minimum atomic E-state index is -4.57. The minimum Gasteiger partial charge on any atom is -0.756 e. The molecular weight excluding hydrogens is 854 g/mol. The van der Waals surface area contributed by atoms with E-state index in [0.29, 0.717) is 24.1 Å². The first-order valence-electron chi connectivity index (χ1n) is 25.2. The highest BCUT2D eigenvalue weighted by atomic mass is 31.2. The normalized spacial score (nSPS) is 14.9. The van der Waals surface area contributed by atoms with Crippen LogP contribution in [0.4, 0.5) is 0 Å². The van der Waals surface area contributed by atoms with Gasteiger partial charge in [0.05, 0.1) is 34.4 Å². The van der Waals surface area contributed by atoms with Crippen molar-refractivity contribution in [3.05, 3.63) is 158 Å². The molecule has 0 aliphatic heterocycles. The van der Waals surface area contributed by atoms with Crippen LogP contribution in [0.25, 0.3) is 0 Å². The molecule has 0 fully saturated rings. The molecule has 0 amide bonds. The number of hydrogen-bond acceptors (Lipinski definition) is 7. The molecule has 0 aromatic carbocycles. The zero-order valence-electron chi connectivity index (χ0n) is 42.5. The zero-order chi connectivity index (χ0) is 49.0. The molecule has 0 N–H and O–H groups in total. The maximum atomic E-state index is 12.7. The van der Waals surface area contributed by atoms with Gasteiger partial charge in [0, 0.05) is 13.0 Å². The Kier molecular flexibility index (Phi) is 45.8. The number of likely N-dealkylation sites (N-methyl/N-ethyl adjacent to an activating group) is 1. The molecule has 0 aliphatic carbocycles. The summed E-state index contributed by atoms with van der Waals surface area (Å²) in [5.41, 5.74) is 0. The Hall–Kier alpha value is -3.88. The number of nitrogens with zero attached hydrogens (tertiary/aromatic N) is 1. The lowest BCUT2D eigenvalue weighted by molar-refractivity contribution is -0.870. The molecule has 0 heterocycles. The van der Waals surface area contributed by atoms with E-state index in [0.717, 1.165) is 116 Å². The lowest BCUT2D eigenvalue weighted by atomic mass is 10.1. The van der Waals surface area contributed by atoms with Gasteiger partial charge in [-0.25, -0.2) is 0 Å². The number of ether oxygens (including phenoxy) is 2. The van der Waals surface area contributed by atoms with Gasteiger partial charge in [-0.1, -0.05) is 178 Å². The molecule has 2 unspecified atom stereocenters. The highest BCUT2D eigenvalue weighted by Gasteiger charge is 2.20. The first kappa shape index (κ1) is 63.1. The smallest absolute Gasteiger partial charge is 0.306 e. The SMILES string of the molecule is CC/C=C\C/C=C\C/C=C\C/C=C\C/C=C\C/C=C\C/C=C\CCCCCC(=O)OC(COCCC/C=C\C/C=C\C/C=C\C/C=C\C/C=C\C/C=C\CC)COP(=O)([O-])OCC[N+](C)(C)C. The fourth-order valence-electron chi connectivity index (χ4n) is 5.78. The third kappa shape index (κ3) is 52.9. The van der Waals surface area contributed by atoms with Gasteiger partial charge in [0.15, 0.2) is 0 Å². The topological polar surface area (TPSA) is 94.1 Å². The summed E-state index contributed by atoms with van der Waals surface area (Å²) in [6, 6.07) is 0. The number of quaternary nitrogens is 1. The summed E-state index contributed by atoms with van der Waals surface area (Å²) in [6.07, 6.45) is 74.3. The molecular formula is C58H92NO7P. The summed E-state index contributed by atoms with van der Waals surface area (Å²) in [7, 11) is 1.26. The molecule has 67 heavy (non-hydrogen) atoms. The number of allylic oxidation sites excluding steroid dienone is 26. The maximum absolute atomic E-state index is 12.7. The lowest BCUT2D eigenvalue weighted by Gasteiger charge is -2.28. The van der Waals surface area contributed by atoms with Crippen molar-refractivity contribution in [2.45, 2.75) is 148 Å². The molecule has 8 nitrogen and oxygen atoms in total. The van der Waals surface area contributed by atoms with Crippen molar-refractivity contribution in [2.75, 3.05) is 54.1 Å². The summed E-state index contributed by atoms with van der Waals surface area (Å²) in [6.45, 7) is 4.92. The number of rotatable bonds is 44. The van der Waals surface area contributed by atoms with Gasteiger partial charge < -0.3 is 27.9 Å². The van der Waals surface area contributed by atoms with Crippen molar-refractivity contribution in [2.24, 2.45) is 0 Å². The first-order chi connectivity index (χ1) is 32.6. The van der Waals surface area contributed by atoms with E-state index in [9.17, 15) is 14.3 Å². The fourth-order valence-corrected chi connectivity index (χ4v) is 6.50. The predicted molar refractivity (Wildman–Crippen MR) is 286 cm³/mol. The van der Waals surface area contributed by atoms with Crippen molar-refractivity contribution >= 4 is 13.8 Å². The summed E-state index contributed by atoms with van der Waals surface area (Å²) in [5.74, 6) is -0.393. The minimum absolute atomic E-state index is 0.00245. The van der Waals surface area contributed by atoms with Crippen molar-refractivity contribution in [1.82, 2.24) is 0 Å². The van der Waals surface area contributed by atoms with Gasteiger partial charge in [-0.15, -0.1) is 0 Å². The molecule has 0 aliphatic rings. The first-order valence-corrected chi connectivity index (χ1v) is 26.7. The van der Waals surface area contributed by atoms with E-state index < -0.39 is 19.9 Å². The van der Waals surface area contributed by atoms with Crippen molar-refractivity contribution in [1.29, 1.82) is 0 Å². The van der Waals surface area contributed by atoms with E-state index in [1.165, 1.54) is 0 Å². The number of unbranched alkanes of at least 4 members (excludes halogenated alkanes) is 4. The number of phosphoric acid groups is 1. The molecule has 0 aromatic rings. The van der Waals surface area contributed by atoms with Crippen LogP contribution in [-0.2, 0) is 27.9 Å². The van der Waals surface area contributed by atoms with Crippen LogP contribution in [0.2, 0.25) is 0 Å². The second-order valence-electron chi connectivity index (χ2n) is 17.1. The Balaban J connectivity index is 4.39. The maximum Gasteiger partial charge on any atom is 0.306 e. The molecule has 0 spiro atoms. The second-order valence-corrected chi connectivity index (χ2v) is 18.5. The summed E-state index contributed by atoms with van der Waals surface area (Å²) >= 11 is 0. The molecule has 0 saturated heterocycles. The molecule has 2 atom stereocenters. The third-order valence-corrected chi connectivity index (χ3v) is 10.5. The van der Waals surface area contributed by atoms with E-state index in [1.807, 2.05) is 21.1 Å². The van der Waals surface area contributed by atoms with E-state index >= 15 is 0 Å². The van der Waals surface area contributed by atoms with Crippen LogP contribution < -0.4 is 4.89 Å². The predicted octanol–water partition coefficient (Wildman–Crippen LogP) is 15.2. The number of carbonyl (C=O) groups excluding carboxylic acids is 1. The number of esters is 1. The second kappa shape index (κ2) is 48.6. The van der Waals surface area contributed by atoms with Gasteiger partial charge in [0.25, 0.3) is 7.82 Å². The number of carbonyl (C=O) groups is 1. The van der Waals surface area contributed by atoms with Gasteiger partial charge in [0.1, 0.15) is 19.3 Å². The van der Waals surface area contributed by atoms with Gasteiger partial charge in [-0.2, -0.15) is 0 Å². The summed E-state index contributed by atoms with van der Waals surface area (Å²) in [5, 5.41) is 0. The quantitative estimate of drug-likeness (QED) is 0.0197. The lowest BCUT2D eigenvalue weighted by Crippen LogP contribution is -2.37. The monoisotopic (exact) mass is 946 g/mol. The molecule has 376 valence electrons. The summed E-state index contributed by atoms with van der Waals surface area (Å²) in [4.78, 5) is 25.2. The molecule has 0 aromatic heterocycles. The largest absolute Gasteiger partial charge is 0.756 e. The van der Waals surface area contributed by atoms with Crippen molar-refractivity contribution in [3.63, 3.8) is 0 Å². The third-order valence-electron chi connectivity index (χ3n) is 9.57. The van der Waals surface area contributed by atoms with Gasteiger partial charge >= 0.3 is 5.97 Å².